The van der Waals surface area contributed by atoms with Gasteiger partial charge in [-0.1, -0.05) is 32.1 Å². The lowest BCUT2D eigenvalue weighted by Crippen LogP contribution is -2.36. The minimum Gasteiger partial charge on any atom is -0.349 e. The van der Waals surface area contributed by atoms with Crippen molar-refractivity contribution >= 4 is 5.91 Å². The van der Waals surface area contributed by atoms with Gasteiger partial charge in [0.2, 0.25) is 0 Å². The Bertz CT molecular complexity index is 485. The van der Waals surface area contributed by atoms with E-state index in [2.05, 4.69) is 5.32 Å². The highest BCUT2D eigenvalue weighted by Gasteiger charge is 2.15. The van der Waals surface area contributed by atoms with Gasteiger partial charge in [-0.15, -0.1) is 0 Å². The summed E-state index contributed by atoms with van der Waals surface area (Å²) in [7, 11) is 1.68. The van der Waals surface area contributed by atoms with Crippen LogP contribution in [0.2, 0.25) is 0 Å². The first-order chi connectivity index (χ1) is 9.16. The lowest BCUT2D eigenvalue weighted by molar-refractivity contribution is 0.0930. The van der Waals surface area contributed by atoms with Gasteiger partial charge in [-0.05, 0) is 18.9 Å². The highest BCUT2D eigenvalue weighted by Crippen LogP contribution is 2.17. The quantitative estimate of drug-likeness (QED) is 0.888. The van der Waals surface area contributed by atoms with Gasteiger partial charge in [0, 0.05) is 30.9 Å². The molecule has 1 N–H and O–H groups in total. The van der Waals surface area contributed by atoms with Crippen molar-refractivity contribution in [1.82, 2.24) is 9.88 Å². The van der Waals surface area contributed by atoms with Gasteiger partial charge in [-0.2, -0.15) is 0 Å². The molecule has 0 aliphatic heterocycles. The van der Waals surface area contributed by atoms with E-state index in [4.69, 9.17) is 0 Å². The zero-order valence-electron chi connectivity index (χ0n) is 11.5. The molecule has 1 saturated carbocycles. The summed E-state index contributed by atoms with van der Waals surface area (Å²) >= 11 is 0. The fraction of sp³-hybridized carbons (Fsp3) is 0.600. The molecule has 19 heavy (non-hydrogen) atoms. The monoisotopic (exact) mass is 262 g/mol. The first-order valence-corrected chi connectivity index (χ1v) is 7.14. The SMILES string of the molecule is Cn1ccc(C(=O)NC2CCCCCCC2)cc1=O. The van der Waals surface area contributed by atoms with Crippen LogP contribution in [0.4, 0.5) is 0 Å². The predicted molar refractivity (Wildman–Crippen MR) is 75.3 cm³/mol. The van der Waals surface area contributed by atoms with Crippen molar-refractivity contribution in [2.24, 2.45) is 7.05 Å². The van der Waals surface area contributed by atoms with Gasteiger partial charge in [0.15, 0.2) is 0 Å². The lowest BCUT2D eigenvalue weighted by Gasteiger charge is -2.21. The zero-order valence-corrected chi connectivity index (χ0v) is 11.5. The molecular formula is C15H22N2O2. The van der Waals surface area contributed by atoms with E-state index < -0.39 is 0 Å². The molecule has 0 radical (unpaired) electrons. The van der Waals surface area contributed by atoms with E-state index in [1.54, 1.807) is 19.3 Å². The molecule has 0 atom stereocenters. The fourth-order valence-electron chi connectivity index (χ4n) is 2.56. The van der Waals surface area contributed by atoms with Crippen LogP contribution in [0.15, 0.2) is 23.1 Å². The second-order valence-corrected chi connectivity index (χ2v) is 5.38. The zero-order chi connectivity index (χ0) is 13.7. The van der Waals surface area contributed by atoms with Gasteiger partial charge >= 0.3 is 0 Å². The molecule has 2 rings (SSSR count). The third kappa shape index (κ3) is 3.94. The Morgan fingerprint density at radius 3 is 2.47 bits per heavy atom. The molecule has 0 spiro atoms. The van der Waals surface area contributed by atoms with Gasteiger partial charge in [0.25, 0.3) is 11.5 Å². The van der Waals surface area contributed by atoms with Crippen molar-refractivity contribution < 1.29 is 4.79 Å². The maximum Gasteiger partial charge on any atom is 0.251 e. The van der Waals surface area contributed by atoms with E-state index in [1.165, 1.54) is 42.7 Å². The molecule has 1 aliphatic rings. The Labute approximate surface area is 113 Å². The van der Waals surface area contributed by atoms with E-state index in [9.17, 15) is 9.59 Å². The molecule has 1 heterocycles. The minimum atomic E-state index is -0.148. The molecule has 1 aromatic rings. The van der Waals surface area contributed by atoms with Crippen LogP contribution in [-0.4, -0.2) is 16.5 Å². The summed E-state index contributed by atoms with van der Waals surface area (Å²) in [6.45, 7) is 0. The Morgan fingerprint density at radius 2 is 1.84 bits per heavy atom. The first kappa shape index (κ1) is 13.8. The van der Waals surface area contributed by atoms with Gasteiger partial charge in [-0.25, -0.2) is 0 Å². The maximum atomic E-state index is 12.1. The highest BCUT2D eigenvalue weighted by atomic mass is 16.2. The second kappa shape index (κ2) is 6.55. The molecule has 0 aromatic carbocycles. The summed E-state index contributed by atoms with van der Waals surface area (Å²) in [6.07, 6.45) is 9.94. The lowest BCUT2D eigenvalue weighted by atomic mass is 9.96. The number of carbonyl (C=O) groups excluding carboxylic acids is 1. The molecule has 1 amide bonds. The molecule has 1 aliphatic carbocycles. The van der Waals surface area contributed by atoms with Crippen molar-refractivity contribution in [2.45, 2.75) is 51.0 Å². The molecule has 4 heteroatoms. The van der Waals surface area contributed by atoms with Gasteiger partial charge in [-0.3, -0.25) is 9.59 Å². The molecular weight excluding hydrogens is 240 g/mol. The van der Waals surface area contributed by atoms with Crippen LogP contribution in [-0.2, 0) is 7.05 Å². The highest BCUT2D eigenvalue weighted by molar-refractivity contribution is 5.94. The number of aryl methyl sites for hydroxylation is 1. The van der Waals surface area contributed by atoms with Crippen molar-refractivity contribution in [3.8, 4) is 0 Å². The molecule has 1 aromatic heterocycles. The van der Waals surface area contributed by atoms with Gasteiger partial charge < -0.3 is 9.88 Å². The summed E-state index contributed by atoms with van der Waals surface area (Å²) < 4.78 is 1.46. The molecule has 4 nitrogen and oxygen atoms in total. The summed E-state index contributed by atoms with van der Waals surface area (Å²) in [5, 5.41) is 3.06. The Hall–Kier alpha value is -1.58. The smallest absolute Gasteiger partial charge is 0.251 e. The summed E-state index contributed by atoms with van der Waals surface area (Å²) in [4.78, 5) is 23.6. The van der Waals surface area contributed by atoms with E-state index in [-0.39, 0.29) is 17.5 Å². The topological polar surface area (TPSA) is 51.1 Å². The fourth-order valence-corrected chi connectivity index (χ4v) is 2.56. The third-order valence-corrected chi connectivity index (χ3v) is 3.81. The van der Waals surface area contributed by atoms with Crippen LogP contribution in [0, 0.1) is 0 Å². The summed E-state index contributed by atoms with van der Waals surface area (Å²) in [5.41, 5.74) is 0.315. The number of rotatable bonds is 2. The van der Waals surface area contributed by atoms with Crippen LogP contribution in [0.3, 0.4) is 0 Å². The largest absolute Gasteiger partial charge is 0.349 e. The number of nitrogens with zero attached hydrogens (tertiary/aromatic N) is 1. The van der Waals surface area contributed by atoms with Crippen LogP contribution >= 0.6 is 0 Å². The van der Waals surface area contributed by atoms with Gasteiger partial charge in [0.1, 0.15) is 0 Å². The second-order valence-electron chi connectivity index (χ2n) is 5.38. The minimum absolute atomic E-state index is 0.122. The van der Waals surface area contributed by atoms with Gasteiger partial charge in [0.05, 0.1) is 0 Å². The summed E-state index contributed by atoms with van der Waals surface area (Å²) in [5.74, 6) is -0.122. The first-order valence-electron chi connectivity index (χ1n) is 7.14. The molecule has 0 bridgehead atoms. The number of aromatic nitrogens is 1. The van der Waals surface area contributed by atoms with Crippen molar-refractivity contribution in [3.63, 3.8) is 0 Å². The average Bonchev–Trinajstić information content (AvgIpc) is 2.35. The van der Waals surface area contributed by atoms with Crippen LogP contribution < -0.4 is 10.9 Å². The average molecular weight is 262 g/mol. The third-order valence-electron chi connectivity index (χ3n) is 3.81. The number of nitrogens with one attached hydrogen (secondary N) is 1. The van der Waals surface area contributed by atoms with E-state index >= 15 is 0 Å². The van der Waals surface area contributed by atoms with Crippen LogP contribution in [0.1, 0.15) is 55.3 Å². The Morgan fingerprint density at radius 1 is 1.21 bits per heavy atom. The normalized spacial score (nSPS) is 17.5. The van der Waals surface area contributed by atoms with E-state index in [0.717, 1.165) is 12.8 Å². The predicted octanol–water partition coefficient (Wildman–Crippen LogP) is 2.23. The number of amides is 1. The Balaban J connectivity index is 1.98. The molecule has 104 valence electrons. The van der Waals surface area contributed by atoms with E-state index in [0.29, 0.717) is 5.56 Å². The molecule has 0 saturated heterocycles. The Kier molecular flexibility index (Phi) is 4.77. The van der Waals surface area contributed by atoms with E-state index in [1.807, 2.05) is 0 Å². The number of pyridine rings is 1. The van der Waals surface area contributed by atoms with Crippen molar-refractivity contribution in [1.29, 1.82) is 0 Å². The van der Waals surface area contributed by atoms with Crippen molar-refractivity contribution in [3.05, 3.63) is 34.2 Å². The number of carbonyl (C=O) groups is 1. The number of hydrogen-bond donors (Lipinski definition) is 1. The van der Waals surface area contributed by atoms with Crippen LogP contribution in [0.5, 0.6) is 0 Å². The van der Waals surface area contributed by atoms with Crippen LogP contribution in [0.25, 0.3) is 0 Å². The summed E-state index contributed by atoms with van der Waals surface area (Å²) in [6, 6.07) is 3.36. The van der Waals surface area contributed by atoms with Crippen molar-refractivity contribution in [2.75, 3.05) is 0 Å². The standard InChI is InChI=1S/C15H22N2O2/c1-17-10-9-12(11-14(17)18)15(19)16-13-7-5-3-2-4-6-8-13/h9-11,13H,2-8H2,1H3,(H,16,19). The molecule has 0 unspecified atom stereocenters. The maximum absolute atomic E-state index is 12.1. The number of hydrogen-bond acceptors (Lipinski definition) is 2. The molecule has 1 fully saturated rings.